The molecule has 3 N–H and O–H groups in total. The van der Waals surface area contributed by atoms with Crippen molar-refractivity contribution in [3.05, 3.63) is 65.2 Å². The molecule has 4 aromatic heterocycles. The van der Waals surface area contributed by atoms with Gasteiger partial charge in [-0.05, 0) is 18.6 Å². The van der Waals surface area contributed by atoms with Gasteiger partial charge < -0.3 is 14.8 Å². The van der Waals surface area contributed by atoms with E-state index in [2.05, 4.69) is 40.5 Å². The van der Waals surface area contributed by atoms with Crippen molar-refractivity contribution in [2.24, 2.45) is 11.8 Å². The monoisotopic (exact) mass is 899 g/mol. The maximum Gasteiger partial charge on any atom is 0.475 e. The third kappa shape index (κ3) is 8.59. The highest BCUT2D eigenvalue weighted by atomic mass is 32.2. The Balaban J connectivity index is 1.10. The smallest absolute Gasteiger partial charge is 0.351 e. The van der Waals surface area contributed by atoms with Crippen LogP contribution in [0.25, 0.3) is 22.3 Å². The summed E-state index contributed by atoms with van der Waals surface area (Å²) in [6.45, 7) is 3.66. The summed E-state index contributed by atoms with van der Waals surface area (Å²) in [5.41, 5.74) is -0.513. The lowest BCUT2D eigenvalue weighted by Gasteiger charge is -2.28. The molecule has 9 atom stereocenters. The number of ether oxygens (including phenoxy) is 2. The van der Waals surface area contributed by atoms with Gasteiger partial charge in [0.05, 0.1) is 50.2 Å². The number of fused-ring (bicyclic) bond motifs is 5. The van der Waals surface area contributed by atoms with Crippen LogP contribution < -0.4 is 16.2 Å². The number of carbonyl (C=O) groups excluding carboxylic acids is 2. The minimum Gasteiger partial charge on any atom is -0.351 e. The Kier molecular flexibility index (Phi) is 12.0. The maximum atomic E-state index is 16.7. The molecule has 8 rings (SSSR count). The van der Waals surface area contributed by atoms with Gasteiger partial charge in [0.2, 0.25) is 11.9 Å². The van der Waals surface area contributed by atoms with E-state index >= 15 is 4.39 Å². The van der Waals surface area contributed by atoms with Crippen LogP contribution in [0.3, 0.4) is 0 Å². The van der Waals surface area contributed by atoms with E-state index in [1.165, 1.54) is 21.8 Å². The second kappa shape index (κ2) is 17.3. The number of hydrogen-bond acceptors (Lipinski definition) is 18. The van der Waals surface area contributed by atoms with E-state index < -0.39 is 109 Å². The number of phosphoric ester groups is 1. The Hall–Kier alpha value is -5.58. The predicted octanol–water partition coefficient (Wildman–Crippen LogP) is 3.13. The van der Waals surface area contributed by atoms with Crippen LogP contribution in [-0.4, -0.2) is 109 Å². The SMILES string of the molecule is CC(C)C(=O)Nc1nc2c(ncn2[C@@H]2O[C@@H]3CCS(=O)(=O)OC4[C@@H](F)[C@H](n5cnc6c(NC(=O)c7ccccc7)ncnc65)O[C@@H]4COP(=O)(OCCC#N)O[C@@H]2[C@@H]3C)c(=O)[nH]1. The topological polar surface area (TPSA) is 296 Å². The van der Waals surface area contributed by atoms with Crippen molar-refractivity contribution in [2.75, 3.05) is 29.6 Å². The number of alkyl halides is 1. The average molecular weight is 900 g/mol. The molecule has 3 fully saturated rings. The molecule has 3 aliphatic heterocycles. The van der Waals surface area contributed by atoms with Crippen LogP contribution in [0.4, 0.5) is 16.2 Å². The fourth-order valence-corrected chi connectivity index (χ4v) is 9.77. The van der Waals surface area contributed by atoms with E-state index in [0.717, 1.165) is 6.33 Å². The number of nitrogens with one attached hydrogen (secondary N) is 3. The quantitative estimate of drug-likeness (QED) is 0.109. The van der Waals surface area contributed by atoms with Crippen molar-refractivity contribution in [3.8, 4) is 6.07 Å². The van der Waals surface area contributed by atoms with E-state index in [0.29, 0.717) is 5.56 Å². The Morgan fingerprint density at radius 3 is 2.50 bits per heavy atom. The van der Waals surface area contributed by atoms with Crippen molar-refractivity contribution < 1.29 is 54.2 Å². The third-order valence-electron chi connectivity index (χ3n) is 10.4. The second-order valence-corrected chi connectivity index (χ2v) is 18.2. The molecule has 3 saturated heterocycles. The predicted molar refractivity (Wildman–Crippen MR) is 211 cm³/mol. The average Bonchev–Trinajstić information content (AvgIpc) is 4.01. The van der Waals surface area contributed by atoms with Gasteiger partial charge in [0.25, 0.3) is 21.6 Å². The van der Waals surface area contributed by atoms with Gasteiger partial charge in [-0.15, -0.1) is 0 Å². The number of nitriles is 1. The van der Waals surface area contributed by atoms with Crippen LogP contribution >= 0.6 is 7.82 Å². The first-order valence-electron chi connectivity index (χ1n) is 19.3. The molecule has 23 nitrogen and oxygen atoms in total. The standard InChI is InChI=1S/C36H39FN11O12PS/c1-18(2)31(49)45-36-44-30-25(33(51)46-36)42-17-48(30)35-26-19(3)21(57-35)10-13-62(53,54)60-27-22(14-56-61(52,59-26)55-12-7-11-38)58-34(23(27)37)47-16-41-24-28(39-15-40-29(24)47)43-32(50)20-8-5-4-6-9-20/h4-6,8-9,15-19,21-23,26-27,34-35H,7,10,12-14H2,1-3H3,(H,39,40,43,50)(H2,44,45,46,49,51)/t19-,21-,22-,23-,26-,27?,34-,35-,61?/m1/s1. The number of aromatic nitrogens is 8. The second-order valence-electron chi connectivity index (χ2n) is 14.8. The molecule has 2 amide bonds. The summed E-state index contributed by atoms with van der Waals surface area (Å²) in [4.78, 5) is 62.0. The zero-order valence-electron chi connectivity index (χ0n) is 33.1. The molecular weight excluding hydrogens is 860 g/mol. The fourth-order valence-electron chi connectivity index (χ4n) is 7.15. The number of aromatic amines is 1. The Morgan fingerprint density at radius 2 is 1.76 bits per heavy atom. The molecular formula is C36H39FN11O12PS. The van der Waals surface area contributed by atoms with Crippen LogP contribution in [0.2, 0.25) is 0 Å². The molecule has 0 spiro atoms. The summed E-state index contributed by atoms with van der Waals surface area (Å²) in [5.74, 6) is -3.03. The lowest BCUT2D eigenvalue weighted by atomic mass is 9.99. The molecule has 0 saturated carbocycles. The molecule has 26 heteroatoms. The van der Waals surface area contributed by atoms with Gasteiger partial charge >= 0.3 is 7.82 Å². The summed E-state index contributed by atoms with van der Waals surface area (Å²) in [7, 11) is -9.37. The first kappa shape index (κ1) is 43.1. The van der Waals surface area contributed by atoms with E-state index in [4.69, 9.17) is 27.2 Å². The van der Waals surface area contributed by atoms with Gasteiger partial charge in [-0.1, -0.05) is 39.0 Å². The lowest BCUT2D eigenvalue weighted by Crippen LogP contribution is -2.37. The van der Waals surface area contributed by atoms with Gasteiger partial charge in [0.1, 0.15) is 24.6 Å². The number of phosphoric acid groups is 1. The number of benzene rings is 1. The van der Waals surface area contributed by atoms with Crippen LogP contribution in [-0.2, 0) is 46.7 Å². The maximum absolute atomic E-state index is 16.7. The zero-order chi connectivity index (χ0) is 43.9. The van der Waals surface area contributed by atoms with Gasteiger partial charge in [0, 0.05) is 17.4 Å². The molecule has 5 aromatic rings. The van der Waals surface area contributed by atoms with E-state index in [1.807, 2.05) is 6.07 Å². The number of carbonyl (C=O) groups is 2. The number of anilines is 2. The van der Waals surface area contributed by atoms with Gasteiger partial charge in [-0.3, -0.25) is 51.6 Å². The van der Waals surface area contributed by atoms with E-state index in [1.54, 1.807) is 51.1 Å². The van der Waals surface area contributed by atoms with Crippen molar-refractivity contribution in [3.63, 3.8) is 0 Å². The first-order valence-corrected chi connectivity index (χ1v) is 22.3. The highest BCUT2D eigenvalue weighted by Crippen LogP contribution is 2.56. The molecule has 3 aliphatic rings. The summed E-state index contributed by atoms with van der Waals surface area (Å²) >= 11 is 0. The number of halogens is 1. The normalized spacial score (nSPS) is 28.7. The lowest BCUT2D eigenvalue weighted by molar-refractivity contribution is -0.118. The molecule has 0 aliphatic carbocycles. The largest absolute Gasteiger partial charge is 0.475 e. The molecule has 7 heterocycles. The number of H-pyrrole nitrogens is 1. The van der Waals surface area contributed by atoms with E-state index in [-0.39, 0.29) is 46.9 Å². The van der Waals surface area contributed by atoms with Gasteiger partial charge in [0.15, 0.2) is 46.8 Å². The fraction of sp³-hybridized carbons (Fsp3) is 0.472. The van der Waals surface area contributed by atoms with Crippen molar-refractivity contribution in [1.29, 1.82) is 5.26 Å². The summed E-state index contributed by atoms with van der Waals surface area (Å²) in [6, 6.07) is 10.2. The molecule has 2 unspecified atom stereocenters. The van der Waals surface area contributed by atoms with Gasteiger partial charge in [-0.2, -0.15) is 18.7 Å². The van der Waals surface area contributed by atoms with Crippen molar-refractivity contribution in [2.45, 2.75) is 76.7 Å². The van der Waals surface area contributed by atoms with Crippen LogP contribution in [0.5, 0.6) is 0 Å². The molecule has 1 aromatic carbocycles. The Labute approximate surface area is 351 Å². The zero-order valence-corrected chi connectivity index (χ0v) is 34.8. The number of hydrogen-bond donors (Lipinski definition) is 3. The molecule has 62 heavy (non-hydrogen) atoms. The number of rotatable bonds is 9. The minimum absolute atomic E-state index is 0.00215. The summed E-state index contributed by atoms with van der Waals surface area (Å²) in [5, 5.41) is 14.4. The Bertz CT molecular complexity index is 2770. The van der Waals surface area contributed by atoms with E-state index in [9.17, 15) is 32.6 Å². The van der Waals surface area contributed by atoms with Crippen molar-refractivity contribution in [1.82, 2.24) is 39.0 Å². The van der Waals surface area contributed by atoms with Crippen LogP contribution in [0.1, 0.15) is 56.4 Å². The van der Waals surface area contributed by atoms with Crippen LogP contribution in [0, 0.1) is 23.2 Å². The van der Waals surface area contributed by atoms with Gasteiger partial charge in [-0.25, -0.2) is 28.9 Å². The molecule has 328 valence electrons. The number of imidazole rings is 2. The highest BCUT2D eigenvalue weighted by Gasteiger charge is 2.53. The Morgan fingerprint density at radius 1 is 1.03 bits per heavy atom. The molecule has 2 bridgehead atoms. The summed E-state index contributed by atoms with van der Waals surface area (Å²) in [6.07, 6.45) is -7.84. The first-order chi connectivity index (χ1) is 29.6. The summed E-state index contributed by atoms with van der Waals surface area (Å²) < 4.78 is 96.4. The highest BCUT2D eigenvalue weighted by molar-refractivity contribution is 7.86. The number of amides is 2. The van der Waals surface area contributed by atoms with Crippen LogP contribution in [0.15, 0.2) is 54.1 Å². The molecule has 0 radical (unpaired) electrons. The number of nitrogens with zero attached hydrogens (tertiary/aromatic N) is 8. The minimum atomic E-state index is -4.80. The third-order valence-corrected chi connectivity index (χ3v) is 13.1. The van der Waals surface area contributed by atoms with Crippen molar-refractivity contribution >= 4 is 63.8 Å².